The summed E-state index contributed by atoms with van der Waals surface area (Å²) in [5.41, 5.74) is 0.594. The van der Waals surface area contributed by atoms with Gasteiger partial charge in [-0.05, 0) is 45.4 Å². The van der Waals surface area contributed by atoms with E-state index in [2.05, 4.69) is 20.6 Å². The molecule has 0 aromatic carbocycles. The molecule has 3 fully saturated rings. The Morgan fingerprint density at radius 3 is 2.44 bits per heavy atom. The summed E-state index contributed by atoms with van der Waals surface area (Å²) < 4.78 is 7.29. The average molecular weight is 450 g/mol. The van der Waals surface area contributed by atoms with Crippen LogP contribution in [0.4, 0.5) is 0 Å². The van der Waals surface area contributed by atoms with Crippen molar-refractivity contribution in [2.75, 3.05) is 26.3 Å². The fourth-order valence-corrected chi connectivity index (χ4v) is 4.38. The van der Waals surface area contributed by atoms with Crippen molar-refractivity contribution in [3.05, 3.63) is 18.0 Å². The molecule has 1 aromatic heterocycles. The zero-order chi connectivity index (χ0) is 22.9. The van der Waals surface area contributed by atoms with Crippen molar-refractivity contribution in [3.63, 3.8) is 0 Å². The third-order valence-corrected chi connectivity index (χ3v) is 6.33. The number of carbonyl (C=O) groups is 3. The molecule has 1 aromatic rings. The second kappa shape index (κ2) is 12.0. The molecule has 3 aliphatic rings. The highest BCUT2D eigenvalue weighted by molar-refractivity contribution is 5.93. The summed E-state index contributed by atoms with van der Waals surface area (Å²) in [6, 6.07) is 0.835. The van der Waals surface area contributed by atoms with Crippen molar-refractivity contribution in [2.45, 2.75) is 70.1 Å². The standard InChI is InChI=1S/C21H33N5O3.CH2O2/c1-2-26-13-16(11-22-26)21(28)24-18-4-3-15(20(27)23-17-5-6-17)12-25(14-18)19-7-9-29-10-8-19;2-1-3/h11,13,15,17-19H,2-10,12,14H2,1H3,(H,23,27)(H,24,28);1H,(H,2,3)/t15-,18+;/m1./s1. The molecule has 0 bridgehead atoms. The molecule has 2 atom stereocenters. The highest BCUT2D eigenvalue weighted by atomic mass is 16.5. The van der Waals surface area contributed by atoms with Gasteiger partial charge >= 0.3 is 0 Å². The molecule has 4 rings (SSSR count). The Labute approximate surface area is 188 Å². The van der Waals surface area contributed by atoms with Gasteiger partial charge in [0.1, 0.15) is 0 Å². The number of likely N-dealkylation sites (tertiary alicyclic amines) is 1. The molecule has 0 radical (unpaired) electrons. The van der Waals surface area contributed by atoms with Crippen molar-refractivity contribution in [3.8, 4) is 0 Å². The Hall–Kier alpha value is -2.46. The fraction of sp³-hybridized carbons (Fsp3) is 0.727. The van der Waals surface area contributed by atoms with Gasteiger partial charge in [-0.1, -0.05) is 0 Å². The Bertz CT molecular complexity index is 760. The largest absolute Gasteiger partial charge is 0.483 e. The van der Waals surface area contributed by atoms with E-state index in [0.29, 0.717) is 17.6 Å². The molecule has 3 heterocycles. The molecule has 1 aliphatic carbocycles. The number of aryl methyl sites for hydroxylation is 1. The third kappa shape index (κ3) is 7.03. The molecule has 3 N–H and O–H groups in total. The SMILES string of the molecule is CCn1cc(C(=O)N[C@H]2CC[C@@H](C(=O)NC3CC3)CN(C3CCOCC3)C2)cn1.O=CO. The van der Waals surface area contributed by atoms with Crippen molar-refractivity contribution in [2.24, 2.45) is 5.92 Å². The summed E-state index contributed by atoms with van der Waals surface area (Å²) >= 11 is 0. The number of nitrogens with one attached hydrogen (secondary N) is 2. The van der Waals surface area contributed by atoms with E-state index in [1.165, 1.54) is 0 Å². The Balaban J connectivity index is 0.000000913. The number of carbonyl (C=O) groups excluding carboxylic acids is 2. The van der Waals surface area contributed by atoms with Crippen LogP contribution >= 0.6 is 0 Å². The van der Waals surface area contributed by atoms with Gasteiger partial charge in [-0.2, -0.15) is 5.10 Å². The Morgan fingerprint density at radius 2 is 1.81 bits per heavy atom. The predicted molar refractivity (Wildman–Crippen MR) is 117 cm³/mol. The number of aromatic nitrogens is 2. The summed E-state index contributed by atoms with van der Waals surface area (Å²) in [4.78, 5) is 36.3. The lowest BCUT2D eigenvalue weighted by molar-refractivity contribution is -0.126. The van der Waals surface area contributed by atoms with Crippen molar-refractivity contribution in [1.29, 1.82) is 0 Å². The first-order chi connectivity index (χ1) is 15.5. The molecule has 32 heavy (non-hydrogen) atoms. The van der Waals surface area contributed by atoms with E-state index in [4.69, 9.17) is 14.6 Å². The first-order valence-corrected chi connectivity index (χ1v) is 11.6. The van der Waals surface area contributed by atoms with Gasteiger partial charge in [-0.25, -0.2) is 0 Å². The van der Waals surface area contributed by atoms with Crippen LogP contribution in [-0.2, 0) is 20.9 Å². The van der Waals surface area contributed by atoms with E-state index in [1.54, 1.807) is 17.1 Å². The predicted octanol–water partition coefficient (Wildman–Crippen LogP) is 0.872. The fourth-order valence-electron chi connectivity index (χ4n) is 4.38. The van der Waals surface area contributed by atoms with E-state index in [1.807, 2.05) is 6.92 Å². The maximum Gasteiger partial charge on any atom is 0.290 e. The molecular weight excluding hydrogens is 414 g/mol. The van der Waals surface area contributed by atoms with Crippen LogP contribution in [0.25, 0.3) is 0 Å². The minimum absolute atomic E-state index is 0.0109. The lowest BCUT2D eigenvalue weighted by atomic mass is 10.00. The molecule has 10 nitrogen and oxygen atoms in total. The van der Waals surface area contributed by atoms with E-state index in [9.17, 15) is 9.59 Å². The van der Waals surface area contributed by atoms with Crippen LogP contribution in [0.2, 0.25) is 0 Å². The summed E-state index contributed by atoms with van der Waals surface area (Å²) in [6.45, 7) is 5.58. The monoisotopic (exact) mass is 449 g/mol. The molecule has 2 saturated heterocycles. The normalized spacial score (nSPS) is 24.5. The summed E-state index contributed by atoms with van der Waals surface area (Å²) in [5, 5.41) is 17.5. The second-order valence-electron chi connectivity index (χ2n) is 8.72. The molecule has 2 aliphatic heterocycles. The molecule has 0 unspecified atom stereocenters. The molecule has 10 heteroatoms. The maximum absolute atomic E-state index is 12.8. The third-order valence-electron chi connectivity index (χ3n) is 6.33. The quantitative estimate of drug-likeness (QED) is 0.550. The second-order valence-corrected chi connectivity index (χ2v) is 8.72. The van der Waals surface area contributed by atoms with Crippen LogP contribution in [0.15, 0.2) is 12.4 Å². The van der Waals surface area contributed by atoms with Gasteiger partial charge in [0.2, 0.25) is 5.91 Å². The molecular formula is C22H35N5O5. The lowest BCUT2D eigenvalue weighted by Gasteiger charge is -2.36. The van der Waals surface area contributed by atoms with E-state index in [-0.39, 0.29) is 30.2 Å². The van der Waals surface area contributed by atoms with Crippen molar-refractivity contribution in [1.82, 2.24) is 25.3 Å². The number of nitrogens with zero attached hydrogens (tertiary/aromatic N) is 3. The number of rotatable bonds is 6. The highest BCUT2D eigenvalue weighted by Crippen LogP contribution is 2.25. The first kappa shape index (κ1) is 24.2. The van der Waals surface area contributed by atoms with Gasteiger partial charge in [0.15, 0.2) is 0 Å². The van der Waals surface area contributed by atoms with Crippen LogP contribution in [0.5, 0.6) is 0 Å². The number of amides is 2. The van der Waals surface area contributed by atoms with Crippen LogP contribution < -0.4 is 10.6 Å². The molecule has 1 saturated carbocycles. The van der Waals surface area contributed by atoms with Gasteiger partial charge in [-0.3, -0.25) is 24.0 Å². The summed E-state index contributed by atoms with van der Waals surface area (Å²) in [6.07, 6.45) is 9.21. The topological polar surface area (TPSA) is 126 Å². The Kier molecular flexibility index (Phi) is 9.04. The molecule has 0 spiro atoms. The maximum atomic E-state index is 12.8. The van der Waals surface area contributed by atoms with Gasteiger partial charge in [0.05, 0.1) is 17.7 Å². The van der Waals surface area contributed by atoms with Gasteiger partial charge in [-0.15, -0.1) is 0 Å². The zero-order valence-electron chi connectivity index (χ0n) is 18.7. The molecule has 2 amide bonds. The number of carboxylic acid groups (broad SMARTS) is 1. The number of ether oxygens (including phenoxy) is 1. The minimum atomic E-state index is -0.250. The molecule has 178 valence electrons. The number of hydrogen-bond acceptors (Lipinski definition) is 6. The van der Waals surface area contributed by atoms with Crippen molar-refractivity contribution < 1.29 is 24.2 Å². The average Bonchev–Trinajstić information content (AvgIpc) is 3.52. The highest BCUT2D eigenvalue weighted by Gasteiger charge is 2.35. The minimum Gasteiger partial charge on any atom is -0.483 e. The summed E-state index contributed by atoms with van der Waals surface area (Å²) in [5.74, 6) is 0.0893. The van der Waals surface area contributed by atoms with Crippen LogP contribution in [0.3, 0.4) is 0 Å². The van der Waals surface area contributed by atoms with Gasteiger partial charge in [0, 0.05) is 57.2 Å². The van der Waals surface area contributed by atoms with Gasteiger partial charge < -0.3 is 20.5 Å². The number of hydrogen-bond donors (Lipinski definition) is 3. The lowest BCUT2D eigenvalue weighted by Crippen LogP contribution is -2.49. The van der Waals surface area contributed by atoms with E-state index in [0.717, 1.165) is 71.4 Å². The first-order valence-electron chi connectivity index (χ1n) is 11.6. The van der Waals surface area contributed by atoms with E-state index >= 15 is 0 Å². The smallest absolute Gasteiger partial charge is 0.290 e. The van der Waals surface area contributed by atoms with Crippen LogP contribution in [0, 0.1) is 5.92 Å². The zero-order valence-corrected chi connectivity index (χ0v) is 18.7. The Morgan fingerprint density at radius 1 is 1.12 bits per heavy atom. The van der Waals surface area contributed by atoms with E-state index < -0.39 is 0 Å². The van der Waals surface area contributed by atoms with Crippen LogP contribution in [-0.4, -0.2) is 82.5 Å². The van der Waals surface area contributed by atoms with Crippen LogP contribution in [0.1, 0.15) is 55.8 Å². The van der Waals surface area contributed by atoms with Crippen molar-refractivity contribution >= 4 is 18.3 Å². The summed E-state index contributed by atoms with van der Waals surface area (Å²) in [7, 11) is 0. The van der Waals surface area contributed by atoms with Gasteiger partial charge in [0.25, 0.3) is 12.4 Å².